The second-order valence-corrected chi connectivity index (χ2v) is 9.00. The lowest BCUT2D eigenvalue weighted by atomic mass is 9.98. The second-order valence-electron chi connectivity index (χ2n) is 7.51. The van der Waals surface area contributed by atoms with Gasteiger partial charge in [-0.25, -0.2) is 4.39 Å². The van der Waals surface area contributed by atoms with E-state index in [0.717, 1.165) is 17.6 Å². The smallest absolute Gasteiger partial charge is 0.297 e. The number of hydrogen-bond acceptors (Lipinski definition) is 6. The largest absolute Gasteiger partial charge is 0.508 e. The van der Waals surface area contributed by atoms with Gasteiger partial charge in [0.25, 0.3) is 6.47 Å². The Balaban J connectivity index is 1.81. The van der Waals surface area contributed by atoms with E-state index in [1.165, 1.54) is 30.3 Å². The van der Waals surface area contributed by atoms with Crippen LogP contribution in [0.25, 0.3) is 16.2 Å². The van der Waals surface area contributed by atoms with Crippen LogP contribution in [-0.2, 0) is 9.53 Å². The van der Waals surface area contributed by atoms with Gasteiger partial charge in [-0.05, 0) is 79.1 Å². The first-order chi connectivity index (χ1) is 16.3. The molecule has 0 spiro atoms. The molecule has 172 valence electrons. The van der Waals surface area contributed by atoms with Crippen LogP contribution in [0.2, 0.25) is 5.02 Å². The zero-order chi connectivity index (χ0) is 24.4. The molecule has 3 aromatic carbocycles. The van der Waals surface area contributed by atoms with Gasteiger partial charge in [0.2, 0.25) is 5.78 Å². The predicted octanol–water partition coefficient (Wildman–Crippen LogP) is 7.18. The Hall–Kier alpha value is -3.68. The van der Waals surface area contributed by atoms with Gasteiger partial charge in [0.15, 0.2) is 17.3 Å². The Morgan fingerprint density at radius 2 is 1.82 bits per heavy atom. The van der Waals surface area contributed by atoms with E-state index in [4.69, 9.17) is 16.3 Å². The molecule has 0 bridgehead atoms. The standard InChI is InChI=1S/C26H18ClFO5S/c1-14-9-17(27)10-15(2)23(14)24(31)26-25(19-5-4-18(30)12-22(19)34-26)33-21-6-3-16(11-20(21)28)7-8-32-13-29/h3-13,30H,1-2H3/b8-7+. The van der Waals surface area contributed by atoms with E-state index in [9.17, 15) is 19.1 Å². The van der Waals surface area contributed by atoms with Crippen molar-refractivity contribution in [1.29, 1.82) is 0 Å². The maximum Gasteiger partial charge on any atom is 0.297 e. The van der Waals surface area contributed by atoms with Crippen molar-refractivity contribution >= 4 is 51.4 Å². The lowest BCUT2D eigenvalue weighted by Crippen LogP contribution is -2.06. The molecule has 0 atom stereocenters. The minimum atomic E-state index is -0.663. The molecule has 0 aliphatic carbocycles. The molecule has 8 heteroatoms. The van der Waals surface area contributed by atoms with Crippen molar-refractivity contribution in [3.63, 3.8) is 0 Å². The van der Waals surface area contributed by atoms with E-state index in [1.54, 1.807) is 38.1 Å². The minimum absolute atomic E-state index is 0.0398. The van der Waals surface area contributed by atoms with Gasteiger partial charge in [0.1, 0.15) is 10.6 Å². The first-order valence-electron chi connectivity index (χ1n) is 10.1. The van der Waals surface area contributed by atoms with E-state index in [1.807, 2.05) is 0 Å². The summed E-state index contributed by atoms with van der Waals surface area (Å²) in [6.45, 7) is 3.85. The molecule has 1 heterocycles. The van der Waals surface area contributed by atoms with Crippen LogP contribution in [0.4, 0.5) is 4.39 Å². The van der Waals surface area contributed by atoms with Crippen LogP contribution in [0.3, 0.4) is 0 Å². The molecule has 1 aromatic heterocycles. The van der Waals surface area contributed by atoms with Crippen molar-refractivity contribution in [3.8, 4) is 17.2 Å². The number of carbonyl (C=O) groups is 2. The molecule has 0 fully saturated rings. The van der Waals surface area contributed by atoms with Gasteiger partial charge < -0.3 is 14.6 Å². The van der Waals surface area contributed by atoms with Crippen molar-refractivity contribution in [1.82, 2.24) is 0 Å². The van der Waals surface area contributed by atoms with Gasteiger partial charge in [-0.3, -0.25) is 9.59 Å². The van der Waals surface area contributed by atoms with E-state index in [2.05, 4.69) is 4.74 Å². The molecule has 0 unspecified atom stereocenters. The average molecular weight is 497 g/mol. The molecule has 0 saturated carbocycles. The van der Waals surface area contributed by atoms with Crippen LogP contribution < -0.4 is 4.74 Å². The average Bonchev–Trinajstić information content (AvgIpc) is 3.12. The fraction of sp³-hybridized carbons (Fsp3) is 0.0769. The number of phenols is 1. The zero-order valence-electron chi connectivity index (χ0n) is 18.1. The Morgan fingerprint density at radius 1 is 1.09 bits per heavy atom. The first-order valence-corrected chi connectivity index (χ1v) is 11.3. The molecule has 4 aromatic rings. The number of fused-ring (bicyclic) bond motifs is 1. The summed E-state index contributed by atoms with van der Waals surface area (Å²) in [4.78, 5) is 24.2. The molecule has 0 radical (unpaired) electrons. The number of ketones is 1. The number of hydrogen-bond donors (Lipinski definition) is 1. The third kappa shape index (κ3) is 4.66. The van der Waals surface area contributed by atoms with Gasteiger partial charge in [0, 0.05) is 20.7 Å². The highest BCUT2D eigenvalue weighted by Crippen LogP contribution is 2.43. The monoisotopic (exact) mass is 496 g/mol. The van der Waals surface area contributed by atoms with Crippen LogP contribution >= 0.6 is 22.9 Å². The summed E-state index contributed by atoms with van der Waals surface area (Å²) in [7, 11) is 0. The Labute approximate surface area is 203 Å². The third-order valence-corrected chi connectivity index (χ3v) is 6.47. The van der Waals surface area contributed by atoms with Crippen molar-refractivity contribution in [2.45, 2.75) is 13.8 Å². The Morgan fingerprint density at radius 3 is 2.50 bits per heavy atom. The van der Waals surface area contributed by atoms with Crippen LogP contribution in [-0.4, -0.2) is 17.4 Å². The summed E-state index contributed by atoms with van der Waals surface area (Å²) in [6, 6.07) is 12.3. The van der Waals surface area contributed by atoms with E-state index < -0.39 is 5.82 Å². The lowest BCUT2D eigenvalue weighted by Gasteiger charge is -2.12. The first kappa shape index (κ1) is 23.5. The van der Waals surface area contributed by atoms with Crippen molar-refractivity contribution < 1.29 is 28.6 Å². The molecule has 5 nitrogen and oxygen atoms in total. The predicted molar refractivity (Wildman–Crippen MR) is 131 cm³/mol. The van der Waals surface area contributed by atoms with Crippen LogP contribution in [0.1, 0.15) is 31.9 Å². The number of aryl methyl sites for hydroxylation is 2. The van der Waals surface area contributed by atoms with Crippen LogP contribution in [0, 0.1) is 19.7 Å². The molecule has 1 N–H and O–H groups in total. The number of thiophene rings is 1. The summed E-state index contributed by atoms with van der Waals surface area (Å²) < 4.78 is 25.9. The number of halogens is 2. The molecular weight excluding hydrogens is 479 g/mol. The maximum atomic E-state index is 14.8. The topological polar surface area (TPSA) is 72.8 Å². The number of phenolic OH excluding ortho intramolecular Hbond substituents is 1. The fourth-order valence-electron chi connectivity index (χ4n) is 3.66. The quantitative estimate of drug-likeness (QED) is 0.166. The Bertz CT molecular complexity index is 1430. The highest BCUT2D eigenvalue weighted by atomic mass is 35.5. The van der Waals surface area contributed by atoms with Gasteiger partial charge in [-0.1, -0.05) is 17.7 Å². The minimum Gasteiger partial charge on any atom is -0.508 e. The van der Waals surface area contributed by atoms with Crippen LogP contribution in [0.15, 0.2) is 54.8 Å². The molecule has 0 aliphatic rings. The number of benzene rings is 3. The lowest BCUT2D eigenvalue weighted by molar-refractivity contribution is -0.123. The normalized spacial score (nSPS) is 11.2. The summed E-state index contributed by atoms with van der Waals surface area (Å²) in [6.07, 6.45) is 2.56. The highest BCUT2D eigenvalue weighted by molar-refractivity contribution is 7.21. The van der Waals surface area contributed by atoms with E-state index >= 15 is 0 Å². The molecule has 4 rings (SSSR count). The van der Waals surface area contributed by atoms with Gasteiger partial charge >= 0.3 is 0 Å². The SMILES string of the molecule is Cc1cc(Cl)cc(C)c1C(=O)c1sc2cc(O)ccc2c1Oc1ccc(/C=C/OC=O)cc1F. The van der Waals surface area contributed by atoms with Crippen molar-refractivity contribution in [2.75, 3.05) is 0 Å². The van der Waals surface area contributed by atoms with Gasteiger partial charge in [-0.2, -0.15) is 0 Å². The Kier molecular flexibility index (Phi) is 6.68. The molecule has 34 heavy (non-hydrogen) atoms. The van der Waals surface area contributed by atoms with Crippen molar-refractivity contribution in [3.05, 3.63) is 92.8 Å². The van der Waals surface area contributed by atoms with Gasteiger partial charge in [0.05, 0.1) is 6.26 Å². The molecular formula is C26H18ClFO5S. The fourth-order valence-corrected chi connectivity index (χ4v) is 5.09. The number of carbonyl (C=O) groups excluding carboxylic acids is 2. The number of aromatic hydroxyl groups is 1. The van der Waals surface area contributed by atoms with Crippen LogP contribution in [0.5, 0.6) is 17.2 Å². The summed E-state index contributed by atoms with van der Waals surface area (Å²) >= 11 is 7.28. The highest BCUT2D eigenvalue weighted by Gasteiger charge is 2.25. The maximum absolute atomic E-state index is 14.8. The van der Waals surface area contributed by atoms with E-state index in [0.29, 0.717) is 37.4 Å². The zero-order valence-corrected chi connectivity index (χ0v) is 19.7. The molecule has 0 amide bonds. The van der Waals surface area contributed by atoms with Crippen molar-refractivity contribution in [2.24, 2.45) is 0 Å². The molecule has 0 saturated heterocycles. The number of ether oxygens (including phenoxy) is 2. The molecule has 0 aliphatic heterocycles. The van der Waals surface area contributed by atoms with Gasteiger partial charge in [-0.15, -0.1) is 11.3 Å². The number of rotatable bonds is 7. The third-order valence-electron chi connectivity index (χ3n) is 5.12. The second kappa shape index (κ2) is 9.67. The summed E-state index contributed by atoms with van der Waals surface area (Å²) in [5.74, 6) is -0.792. The summed E-state index contributed by atoms with van der Waals surface area (Å²) in [5, 5.41) is 11.0. The van der Waals surface area contributed by atoms with E-state index in [-0.39, 0.29) is 34.4 Å². The summed E-state index contributed by atoms with van der Waals surface area (Å²) in [5.41, 5.74) is 2.36.